The summed E-state index contributed by atoms with van der Waals surface area (Å²) in [4.78, 5) is 22.4. The van der Waals surface area contributed by atoms with Crippen LogP contribution < -0.4 is 0 Å². The molecule has 0 saturated heterocycles. The fourth-order valence-corrected chi connectivity index (χ4v) is 1.34. The second-order valence-electron chi connectivity index (χ2n) is 5.79. The Morgan fingerprint density at radius 2 is 1.41 bits per heavy atom. The first kappa shape index (κ1) is 16.4. The van der Waals surface area contributed by atoms with E-state index >= 15 is 0 Å². The first-order valence-corrected chi connectivity index (χ1v) is 6.41. The molecule has 1 atom stereocenters. The van der Waals surface area contributed by atoms with Crippen LogP contribution in [0.3, 0.4) is 0 Å². The van der Waals surface area contributed by atoms with Gasteiger partial charge in [0.05, 0.1) is 6.42 Å². The molecule has 0 heterocycles. The van der Waals surface area contributed by atoms with Gasteiger partial charge in [0.25, 0.3) is 0 Å². The number of rotatable bonds is 3. The molecule has 0 aromatic heterocycles. The van der Waals surface area contributed by atoms with E-state index in [1.54, 1.807) is 41.5 Å². The highest BCUT2D eigenvalue weighted by molar-refractivity contribution is 9.10. The molecular formula is C12H21BrO4. The number of esters is 2. The number of ether oxygens (including phenoxy) is 2. The molecule has 0 aliphatic heterocycles. The summed E-state index contributed by atoms with van der Waals surface area (Å²) >= 11 is 3.13. The van der Waals surface area contributed by atoms with Crippen LogP contribution in [0.25, 0.3) is 0 Å². The Morgan fingerprint density at radius 3 is 1.76 bits per heavy atom. The molecule has 0 radical (unpaired) electrons. The third-order valence-corrected chi connectivity index (χ3v) is 2.13. The lowest BCUT2D eigenvalue weighted by molar-refractivity contribution is -0.161. The molecule has 0 aromatic carbocycles. The maximum Gasteiger partial charge on any atom is 0.320 e. The van der Waals surface area contributed by atoms with Crippen LogP contribution in [0, 0.1) is 0 Å². The zero-order valence-electron chi connectivity index (χ0n) is 11.3. The Balaban J connectivity index is 4.22. The van der Waals surface area contributed by atoms with Gasteiger partial charge in [-0.25, -0.2) is 0 Å². The van der Waals surface area contributed by atoms with E-state index in [0.717, 1.165) is 0 Å². The Kier molecular flexibility index (Phi) is 5.65. The van der Waals surface area contributed by atoms with Gasteiger partial charge in [0.15, 0.2) is 0 Å². The summed E-state index contributed by atoms with van der Waals surface area (Å²) in [6, 6.07) is 0. The third-order valence-electron chi connectivity index (χ3n) is 1.43. The fourth-order valence-electron chi connectivity index (χ4n) is 0.979. The van der Waals surface area contributed by atoms with Crippen LogP contribution in [-0.4, -0.2) is 28.0 Å². The number of carbonyl (C=O) groups excluding carboxylic acids is 2. The lowest BCUT2D eigenvalue weighted by atomic mass is 10.2. The average Bonchev–Trinajstić information content (AvgIpc) is 1.95. The standard InChI is InChI=1S/C12H21BrO4/c1-11(2,3)16-9(14)7-8(13)10(15)17-12(4,5)6/h8H,7H2,1-6H3/t8-/m0/s1. The molecule has 0 amide bonds. The molecule has 0 aromatic rings. The van der Waals surface area contributed by atoms with E-state index in [4.69, 9.17) is 9.47 Å². The summed E-state index contributed by atoms with van der Waals surface area (Å²) < 4.78 is 10.2. The highest BCUT2D eigenvalue weighted by Crippen LogP contribution is 2.17. The quantitative estimate of drug-likeness (QED) is 0.594. The molecule has 0 N–H and O–H groups in total. The number of carbonyl (C=O) groups is 2. The SMILES string of the molecule is CC(C)(C)OC(=O)C[C@H](Br)C(=O)OC(C)(C)C. The molecule has 0 bridgehead atoms. The van der Waals surface area contributed by atoms with Gasteiger partial charge < -0.3 is 9.47 Å². The van der Waals surface area contributed by atoms with E-state index in [9.17, 15) is 9.59 Å². The van der Waals surface area contributed by atoms with Crippen molar-refractivity contribution in [2.75, 3.05) is 0 Å². The summed E-state index contributed by atoms with van der Waals surface area (Å²) in [5.41, 5.74) is -1.10. The van der Waals surface area contributed by atoms with E-state index < -0.39 is 28.0 Å². The van der Waals surface area contributed by atoms with E-state index in [-0.39, 0.29) is 6.42 Å². The largest absolute Gasteiger partial charge is 0.460 e. The number of halogens is 1. The van der Waals surface area contributed by atoms with Gasteiger partial charge in [0, 0.05) is 0 Å². The average molecular weight is 309 g/mol. The highest BCUT2D eigenvalue weighted by atomic mass is 79.9. The summed E-state index contributed by atoms with van der Waals surface area (Å²) in [6.07, 6.45) is -0.0355. The predicted molar refractivity (Wildman–Crippen MR) is 69.0 cm³/mol. The molecule has 4 nitrogen and oxygen atoms in total. The van der Waals surface area contributed by atoms with Gasteiger partial charge in [-0.1, -0.05) is 15.9 Å². The smallest absolute Gasteiger partial charge is 0.320 e. The molecule has 5 heteroatoms. The molecule has 0 aliphatic carbocycles. The van der Waals surface area contributed by atoms with E-state index in [0.29, 0.717) is 0 Å². The van der Waals surface area contributed by atoms with Crippen molar-refractivity contribution in [2.24, 2.45) is 0 Å². The minimum Gasteiger partial charge on any atom is -0.460 e. The zero-order chi connectivity index (χ0) is 13.9. The van der Waals surface area contributed by atoms with Crippen molar-refractivity contribution >= 4 is 27.9 Å². The monoisotopic (exact) mass is 308 g/mol. The second-order valence-corrected chi connectivity index (χ2v) is 6.90. The van der Waals surface area contributed by atoms with Crippen molar-refractivity contribution < 1.29 is 19.1 Å². The van der Waals surface area contributed by atoms with Crippen molar-refractivity contribution in [3.63, 3.8) is 0 Å². The molecule has 0 spiro atoms. The van der Waals surface area contributed by atoms with Crippen LogP contribution in [0.2, 0.25) is 0 Å². The van der Waals surface area contributed by atoms with Crippen molar-refractivity contribution in [1.29, 1.82) is 0 Å². The van der Waals surface area contributed by atoms with Crippen molar-refractivity contribution in [3.05, 3.63) is 0 Å². The van der Waals surface area contributed by atoms with Gasteiger partial charge >= 0.3 is 11.9 Å². The normalized spacial score (nSPS) is 14.1. The summed E-state index contributed by atoms with van der Waals surface area (Å²) in [6.45, 7) is 10.7. The van der Waals surface area contributed by atoms with Gasteiger partial charge in [-0.05, 0) is 41.5 Å². The highest BCUT2D eigenvalue weighted by Gasteiger charge is 2.27. The predicted octanol–water partition coefficient (Wildman–Crippen LogP) is 2.82. The van der Waals surface area contributed by atoms with Gasteiger partial charge in [-0.2, -0.15) is 0 Å². The van der Waals surface area contributed by atoms with Crippen LogP contribution >= 0.6 is 15.9 Å². The van der Waals surface area contributed by atoms with Crippen LogP contribution in [0.15, 0.2) is 0 Å². The Labute approximate surface area is 111 Å². The number of alkyl halides is 1. The third kappa shape index (κ3) is 9.15. The van der Waals surface area contributed by atoms with Crippen LogP contribution in [0.1, 0.15) is 48.0 Å². The lowest BCUT2D eigenvalue weighted by Gasteiger charge is -2.23. The first-order chi connectivity index (χ1) is 7.41. The molecular weight excluding hydrogens is 288 g/mol. The number of hydrogen-bond acceptors (Lipinski definition) is 4. The molecule has 0 rings (SSSR count). The zero-order valence-corrected chi connectivity index (χ0v) is 12.9. The van der Waals surface area contributed by atoms with Crippen LogP contribution in [0.4, 0.5) is 0 Å². The van der Waals surface area contributed by atoms with Crippen LogP contribution in [-0.2, 0) is 19.1 Å². The molecule has 0 unspecified atom stereocenters. The van der Waals surface area contributed by atoms with Gasteiger partial charge in [-0.15, -0.1) is 0 Å². The molecule has 0 saturated carbocycles. The molecule has 100 valence electrons. The summed E-state index contributed by atoms with van der Waals surface area (Å²) in [7, 11) is 0. The minimum absolute atomic E-state index is 0.0355. The van der Waals surface area contributed by atoms with Gasteiger partial charge in [-0.3, -0.25) is 9.59 Å². The first-order valence-electron chi connectivity index (χ1n) is 5.49. The van der Waals surface area contributed by atoms with Gasteiger partial charge in [0.2, 0.25) is 0 Å². The Hall–Kier alpha value is -0.580. The van der Waals surface area contributed by atoms with E-state index in [1.807, 2.05) is 0 Å². The fraction of sp³-hybridized carbons (Fsp3) is 0.833. The lowest BCUT2D eigenvalue weighted by Crippen LogP contribution is -2.32. The topological polar surface area (TPSA) is 52.6 Å². The molecule has 17 heavy (non-hydrogen) atoms. The molecule has 0 aliphatic rings. The van der Waals surface area contributed by atoms with Crippen molar-refractivity contribution in [3.8, 4) is 0 Å². The Bertz CT molecular complexity index is 286. The summed E-state index contributed by atoms with van der Waals surface area (Å²) in [5.74, 6) is -0.881. The maximum atomic E-state index is 11.6. The second kappa shape index (κ2) is 5.85. The van der Waals surface area contributed by atoms with Crippen LogP contribution in [0.5, 0.6) is 0 Å². The number of hydrogen-bond donors (Lipinski definition) is 0. The van der Waals surface area contributed by atoms with Crippen molar-refractivity contribution in [1.82, 2.24) is 0 Å². The Morgan fingerprint density at radius 1 is 1.00 bits per heavy atom. The summed E-state index contributed by atoms with van der Waals surface area (Å²) in [5, 5.41) is 0. The van der Waals surface area contributed by atoms with E-state index in [2.05, 4.69) is 15.9 Å². The van der Waals surface area contributed by atoms with E-state index in [1.165, 1.54) is 0 Å². The van der Waals surface area contributed by atoms with Crippen molar-refractivity contribution in [2.45, 2.75) is 64.0 Å². The minimum atomic E-state index is -0.670. The molecule has 0 fully saturated rings. The van der Waals surface area contributed by atoms with Gasteiger partial charge in [0.1, 0.15) is 16.0 Å². The maximum absolute atomic E-state index is 11.6.